The lowest BCUT2D eigenvalue weighted by Gasteiger charge is -2.10. The van der Waals surface area contributed by atoms with E-state index in [4.69, 9.17) is 5.26 Å². The van der Waals surface area contributed by atoms with Crippen LogP contribution in [0, 0.1) is 18.3 Å². The van der Waals surface area contributed by atoms with E-state index >= 15 is 0 Å². The van der Waals surface area contributed by atoms with Gasteiger partial charge in [-0.1, -0.05) is 22.0 Å². The van der Waals surface area contributed by atoms with Gasteiger partial charge in [0, 0.05) is 10.2 Å². The molecule has 0 saturated carbocycles. The van der Waals surface area contributed by atoms with Crippen LogP contribution in [0.4, 0.5) is 5.69 Å². The average molecular weight is 239 g/mol. The zero-order chi connectivity index (χ0) is 9.84. The molecule has 0 aromatic heterocycles. The van der Waals surface area contributed by atoms with Gasteiger partial charge in [0.2, 0.25) is 0 Å². The molecule has 1 atom stereocenters. The number of nitrogens with zero attached hydrogens (tertiary/aromatic N) is 1. The molecule has 1 N–H and O–H groups in total. The summed E-state index contributed by atoms with van der Waals surface area (Å²) in [5, 5.41) is 11.7. The molecule has 2 nitrogen and oxygen atoms in total. The summed E-state index contributed by atoms with van der Waals surface area (Å²) in [5.74, 6) is 0. The molecule has 0 bridgehead atoms. The zero-order valence-electron chi connectivity index (χ0n) is 7.63. The van der Waals surface area contributed by atoms with Crippen LogP contribution >= 0.6 is 15.9 Å². The third-order valence-electron chi connectivity index (χ3n) is 1.77. The van der Waals surface area contributed by atoms with E-state index in [1.165, 1.54) is 0 Å². The first-order chi connectivity index (χ1) is 6.13. The van der Waals surface area contributed by atoms with Crippen LogP contribution in [0.3, 0.4) is 0 Å². The summed E-state index contributed by atoms with van der Waals surface area (Å²) in [5.41, 5.74) is 2.15. The number of anilines is 1. The Labute approximate surface area is 86.7 Å². The van der Waals surface area contributed by atoms with E-state index in [0.717, 1.165) is 15.7 Å². The van der Waals surface area contributed by atoms with Crippen LogP contribution in [-0.2, 0) is 0 Å². The third kappa shape index (κ3) is 2.74. The smallest absolute Gasteiger partial charge is 0.111 e. The quantitative estimate of drug-likeness (QED) is 0.860. The van der Waals surface area contributed by atoms with E-state index in [2.05, 4.69) is 27.3 Å². The highest BCUT2D eigenvalue weighted by Gasteiger charge is 2.02. The summed E-state index contributed by atoms with van der Waals surface area (Å²) >= 11 is 3.39. The molecule has 13 heavy (non-hydrogen) atoms. The van der Waals surface area contributed by atoms with Gasteiger partial charge >= 0.3 is 0 Å². The van der Waals surface area contributed by atoms with Gasteiger partial charge in [-0.15, -0.1) is 0 Å². The summed E-state index contributed by atoms with van der Waals surface area (Å²) in [6, 6.07) is 7.94. The van der Waals surface area contributed by atoms with Gasteiger partial charge in [-0.25, -0.2) is 0 Å². The van der Waals surface area contributed by atoms with Crippen molar-refractivity contribution >= 4 is 21.6 Å². The Balaban J connectivity index is 2.88. The van der Waals surface area contributed by atoms with Crippen molar-refractivity contribution in [3.8, 4) is 6.07 Å². The van der Waals surface area contributed by atoms with E-state index < -0.39 is 0 Å². The van der Waals surface area contributed by atoms with Crippen molar-refractivity contribution in [2.45, 2.75) is 19.9 Å². The van der Waals surface area contributed by atoms with Crippen molar-refractivity contribution in [3.05, 3.63) is 28.2 Å². The fourth-order valence-electron chi connectivity index (χ4n) is 1.02. The number of halogens is 1. The van der Waals surface area contributed by atoms with Gasteiger partial charge in [0.25, 0.3) is 0 Å². The maximum atomic E-state index is 8.63. The fraction of sp³-hybridized carbons (Fsp3) is 0.300. The van der Waals surface area contributed by atoms with Crippen LogP contribution in [0.2, 0.25) is 0 Å². The minimum atomic E-state index is -0.159. The number of aryl methyl sites for hydroxylation is 1. The molecule has 0 heterocycles. The second kappa shape index (κ2) is 4.29. The van der Waals surface area contributed by atoms with Crippen LogP contribution in [0.25, 0.3) is 0 Å². The lowest BCUT2D eigenvalue weighted by Crippen LogP contribution is -2.12. The first kappa shape index (κ1) is 10.1. The van der Waals surface area contributed by atoms with Crippen molar-refractivity contribution in [2.24, 2.45) is 0 Å². The van der Waals surface area contributed by atoms with Gasteiger partial charge in [0.15, 0.2) is 0 Å². The lowest BCUT2D eigenvalue weighted by atomic mass is 10.2. The monoisotopic (exact) mass is 238 g/mol. The van der Waals surface area contributed by atoms with E-state index in [9.17, 15) is 0 Å². The summed E-state index contributed by atoms with van der Waals surface area (Å²) in [6.07, 6.45) is 0. The van der Waals surface area contributed by atoms with Crippen molar-refractivity contribution in [1.82, 2.24) is 0 Å². The highest BCUT2D eigenvalue weighted by atomic mass is 79.9. The maximum absolute atomic E-state index is 8.63. The predicted octanol–water partition coefficient (Wildman–Crippen LogP) is 3.08. The molecule has 0 aliphatic heterocycles. The Morgan fingerprint density at radius 1 is 1.54 bits per heavy atom. The fourth-order valence-corrected chi connectivity index (χ4v) is 1.38. The van der Waals surface area contributed by atoms with Crippen molar-refractivity contribution < 1.29 is 0 Å². The number of hydrogen-bond donors (Lipinski definition) is 1. The second-order valence-corrected chi connectivity index (χ2v) is 3.87. The summed E-state index contributed by atoms with van der Waals surface area (Å²) in [6.45, 7) is 3.85. The molecule has 0 amide bonds. The number of hydrogen-bond acceptors (Lipinski definition) is 2. The minimum absolute atomic E-state index is 0.159. The first-order valence-corrected chi connectivity index (χ1v) is 4.85. The Morgan fingerprint density at radius 3 is 2.85 bits per heavy atom. The molecular weight excluding hydrogens is 228 g/mol. The zero-order valence-corrected chi connectivity index (χ0v) is 9.22. The number of benzene rings is 1. The lowest BCUT2D eigenvalue weighted by molar-refractivity contribution is 1.01. The second-order valence-electron chi connectivity index (χ2n) is 2.95. The number of nitrogens with one attached hydrogen (secondary N) is 1. The normalized spacial score (nSPS) is 11.8. The molecule has 1 aromatic carbocycles. The topological polar surface area (TPSA) is 35.8 Å². The van der Waals surface area contributed by atoms with E-state index in [0.29, 0.717) is 0 Å². The molecule has 1 rings (SSSR count). The third-order valence-corrected chi connectivity index (χ3v) is 2.26. The van der Waals surface area contributed by atoms with Gasteiger partial charge in [-0.3, -0.25) is 0 Å². The largest absolute Gasteiger partial charge is 0.370 e. The molecule has 0 aliphatic rings. The van der Waals surface area contributed by atoms with Crippen LogP contribution < -0.4 is 5.32 Å². The molecule has 68 valence electrons. The van der Waals surface area contributed by atoms with Crippen LogP contribution in [0.1, 0.15) is 12.5 Å². The standard InChI is InChI=1S/C10H11BrN2/c1-7-3-4-9(11)5-10(7)13-8(2)6-12/h3-5,8,13H,1-2H3. The number of nitriles is 1. The molecule has 1 unspecified atom stereocenters. The highest BCUT2D eigenvalue weighted by Crippen LogP contribution is 2.20. The van der Waals surface area contributed by atoms with Gasteiger partial charge in [0.05, 0.1) is 6.07 Å². The summed E-state index contributed by atoms with van der Waals surface area (Å²) in [7, 11) is 0. The Kier molecular flexibility index (Phi) is 3.32. The minimum Gasteiger partial charge on any atom is -0.370 e. The van der Waals surface area contributed by atoms with Crippen molar-refractivity contribution in [1.29, 1.82) is 5.26 Å². The molecule has 0 aliphatic carbocycles. The molecule has 0 spiro atoms. The Morgan fingerprint density at radius 2 is 2.23 bits per heavy atom. The maximum Gasteiger partial charge on any atom is 0.111 e. The van der Waals surface area contributed by atoms with E-state index in [1.54, 1.807) is 0 Å². The van der Waals surface area contributed by atoms with E-state index in [-0.39, 0.29) is 6.04 Å². The van der Waals surface area contributed by atoms with Gasteiger partial charge in [0.1, 0.15) is 6.04 Å². The van der Waals surface area contributed by atoms with Crippen LogP contribution in [0.15, 0.2) is 22.7 Å². The SMILES string of the molecule is Cc1ccc(Br)cc1NC(C)C#N. The average Bonchev–Trinajstić information content (AvgIpc) is 2.11. The molecule has 0 fully saturated rings. The molecule has 3 heteroatoms. The van der Waals surface area contributed by atoms with Crippen LogP contribution in [0.5, 0.6) is 0 Å². The molecular formula is C10H11BrN2. The Bertz CT molecular complexity index is 341. The molecule has 1 aromatic rings. The molecule has 0 radical (unpaired) electrons. The number of rotatable bonds is 2. The van der Waals surface area contributed by atoms with Gasteiger partial charge in [-0.05, 0) is 31.5 Å². The summed E-state index contributed by atoms with van der Waals surface area (Å²) in [4.78, 5) is 0. The van der Waals surface area contributed by atoms with Crippen LogP contribution in [-0.4, -0.2) is 6.04 Å². The van der Waals surface area contributed by atoms with Gasteiger partial charge < -0.3 is 5.32 Å². The highest BCUT2D eigenvalue weighted by molar-refractivity contribution is 9.10. The predicted molar refractivity (Wildman–Crippen MR) is 57.6 cm³/mol. The van der Waals surface area contributed by atoms with E-state index in [1.807, 2.05) is 32.0 Å². The first-order valence-electron chi connectivity index (χ1n) is 4.06. The molecule has 0 saturated heterocycles. The van der Waals surface area contributed by atoms with Gasteiger partial charge in [-0.2, -0.15) is 5.26 Å². The summed E-state index contributed by atoms with van der Waals surface area (Å²) < 4.78 is 1.02. The van der Waals surface area contributed by atoms with Crippen molar-refractivity contribution in [3.63, 3.8) is 0 Å². The van der Waals surface area contributed by atoms with Crippen molar-refractivity contribution in [2.75, 3.05) is 5.32 Å². The Hall–Kier alpha value is -1.01.